The van der Waals surface area contributed by atoms with E-state index >= 15 is 0 Å². The lowest BCUT2D eigenvalue weighted by Crippen LogP contribution is -2.51. The van der Waals surface area contributed by atoms with Gasteiger partial charge in [-0.3, -0.25) is 0 Å². The molecule has 1 aliphatic carbocycles. The highest BCUT2D eigenvalue weighted by Crippen LogP contribution is 2.37. The summed E-state index contributed by atoms with van der Waals surface area (Å²) in [6.07, 6.45) is -0.673. The van der Waals surface area contributed by atoms with Crippen LogP contribution < -0.4 is 10.6 Å². The molecule has 1 aliphatic rings. The Morgan fingerprint density at radius 1 is 1.07 bits per heavy atom. The molecule has 28 heavy (non-hydrogen) atoms. The Balaban J connectivity index is 1.63. The van der Waals surface area contributed by atoms with Crippen LogP contribution in [0.3, 0.4) is 0 Å². The van der Waals surface area contributed by atoms with E-state index < -0.39 is 24.0 Å². The number of alkyl halides is 2. The number of nitrogens with one attached hydrogen (secondary N) is 2. The zero-order valence-corrected chi connectivity index (χ0v) is 15.1. The van der Waals surface area contributed by atoms with Gasteiger partial charge in [-0.1, -0.05) is 24.0 Å². The molecule has 0 atom stereocenters. The van der Waals surface area contributed by atoms with Gasteiger partial charge in [0.25, 0.3) is 5.92 Å². The molecule has 1 fully saturated rings. The van der Waals surface area contributed by atoms with E-state index in [1.165, 1.54) is 7.11 Å². The average molecular weight is 384 g/mol. The van der Waals surface area contributed by atoms with Crippen molar-refractivity contribution in [3.63, 3.8) is 0 Å². The van der Waals surface area contributed by atoms with Crippen LogP contribution in [0.1, 0.15) is 34.3 Å². The lowest BCUT2D eigenvalue weighted by atomic mass is 9.88. The number of ether oxygens (including phenoxy) is 1. The van der Waals surface area contributed by atoms with Gasteiger partial charge < -0.3 is 15.4 Å². The number of esters is 1. The van der Waals surface area contributed by atoms with Crippen LogP contribution in [0.4, 0.5) is 19.3 Å². The fraction of sp³-hybridized carbons (Fsp3) is 0.238. The molecule has 0 aliphatic heterocycles. The fourth-order valence-electron chi connectivity index (χ4n) is 2.78. The normalized spacial score (nSPS) is 14.8. The minimum Gasteiger partial charge on any atom is -0.465 e. The minimum atomic E-state index is -2.68. The zero-order valence-electron chi connectivity index (χ0n) is 15.1. The van der Waals surface area contributed by atoms with E-state index in [9.17, 15) is 18.4 Å². The Morgan fingerprint density at radius 3 is 2.36 bits per heavy atom. The highest BCUT2D eigenvalue weighted by molar-refractivity contribution is 5.90. The lowest BCUT2D eigenvalue weighted by molar-refractivity contribution is -0.0893. The number of rotatable bonds is 3. The van der Waals surface area contributed by atoms with Crippen molar-refractivity contribution in [2.75, 3.05) is 12.4 Å². The molecule has 0 radical (unpaired) electrons. The lowest BCUT2D eigenvalue weighted by Gasteiger charge is -2.35. The number of urea groups is 1. The first-order valence-electron chi connectivity index (χ1n) is 8.60. The summed E-state index contributed by atoms with van der Waals surface area (Å²) in [5, 5.41) is 5.12. The average Bonchev–Trinajstić information content (AvgIpc) is 2.64. The first-order chi connectivity index (χ1) is 13.3. The predicted molar refractivity (Wildman–Crippen MR) is 100 cm³/mol. The van der Waals surface area contributed by atoms with Crippen molar-refractivity contribution in [1.29, 1.82) is 0 Å². The molecule has 2 amide bonds. The molecular formula is C21H18F2N2O3. The number of methoxy groups -OCH3 is 1. The summed E-state index contributed by atoms with van der Waals surface area (Å²) in [4.78, 5) is 23.5. The van der Waals surface area contributed by atoms with Crippen molar-refractivity contribution < 1.29 is 23.1 Å². The zero-order chi connectivity index (χ0) is 20.1. The van der Waals surface area contributed by atoms with Crippen LogP contribution >= 0.6 is 0 Å². The molecule has 7 heteroatoms. The molecule has 144 valence electrons. The number of hydrogen-bond acceptors (Lipinski definition) is 3. The number of halogens is 2. The number of hydrogen-bond donors (Lipinski definition) is 2. The van der Waals surface area contributed by atoms with Crippen LogP contribution in [0.5, 0.6) is 0 Å². The van der Waals surface area contributed by atoms with Crippen LogP contribution in [0.15, 0.2) is 48.5 Å². The quantitative estimate of drug-likeness (QED) is 0.625. The molecule has 0 aromatic heterocycles. The minimum absolute atomic E-state index is 0.337. The van der Waals surface area contributed by atoms with E-state index in [1.54, 1.807) is 48.5 Å². The Labute approximate surface area is 161 Å². The third-order valence-corrected chi connectivity index (χ3v) is 4.18. The van der Waals surface area contributed by atoms with Gasteiger partial charge in [0.15, 0.2) is 0 Å². The van der Waals surface area contributed by atoms with Crippen LogP contribution in [-0.2, 0) is 4.74 Å². The van der Waals surface area contributed by atoms with E-state index in [-0.39, 0.29) is 12.8 Å². The second-order valence-corrected chi connectivity index (χ2v) is 6.46. The first kappa shape index (κ1) is 19.4. The number of amides is 2. The van der Waals surface area contributed by atoms with Gasteiger partial charge in [0.1, 0.15) is 0 Å². The summed E-state index contributed by atoms with van der Waals surface area (Å²) in [5.74, 6) is 2.79. The number of carbonyl (C=O) groups excluding carboxylic acids is 2. The van der Waals surface area contributed by atoms with Crippen LogP contribution in [0, 0.1) is 11.8 Å². The molecule has 0 heterocycles. The molecule has 0 spiro atoms. The molecule has 1 saturated carbocycles. The molecule has 0 unspecified atom stereocenters. The molecule has 2 aromatic rings. The van der Waals surface area contributed by atoms with Crippen LogP contribution in [0.2, 0.25) is 0 Å². The highest BCUT2D eigenvalue weighted by atomic mass is 19.3. The number of carbonyl (C=O) groups is 2. The van der Waals surface area contributed by atoms with Gasteiger partial charge in [0.2, 0.25) is 0 Å². The smallest absolute Gasteiger partial charge is 0.337 e. The molecule has 3 rings (SSSR count). The summed E-state index contributed by atoms with van der Waals surface area (Å²) in [5.41, 5.74) is 2.20. The summed E-state index contributed by atoms with van der Waals surface area (Å²) in [7, 11) is 1.31. The van der Waals surface area contributed by atoms with Crippen molar-refractivity contribution >= 4 is 17.7 Å². The van der Waals surface area contributed by atoms with Crippen molar-refractivity contribution in [1.82, 2.24) is 5.32 Å². The Hall–Kier alpha value is -3.40. The van der Waals surface area contributed by atoms with Gasteiger partial charge >= 0.3 is 12.0 Å². The van der Waals surface area contributed by atoms with Crippen molar-refractivity contribution in [3.8, 4) is 11.8 Å². The van der Waals surface area contributed by atoms with Gasteiger partial charge in [-0.05, 0) is 36.4 Å². The van der Waals surface area contributed by atoms with E-state index in [1.807, 2.05) is 0 Å². The van der Waals surface area contributed by atoms with Crippen molar-refractivity contribution in [3.05, 3.63) is 65.2 Å². The molecule has 0 bridgehead atoms. The van der Waals surface area contributed by atoms with Gasteiger partial charge in [-0.15, -0.1) is 0 Å². The first-order valence-corrected chi connectivity index (χ1v) is 8.60. The summed E-state index contributed by atoms with van der Waals surface area (Å²) >= 11 is 0. The predicted octanol–water partition coefficient (Wildman–Crippen LogP) is 3.79. The standard InChI is InChI=1S/C21H18F2N2O3/c1-28-19(26)16-6-2-4-14(10-16)8-9-15-5-3-7-17(11-15)24-20(27)25-18-12-21(22,23)13-18/h2-7,10-11,18H,12-13H2,1H3,(H2,24,25,27). The molecule has 0 saturated heterocycles. The molecule has 2 aromatic carbocycles. The van der Waals surface area contributed by atoms with Gasteiger partial charge in [-0.2, -0.15) is 0 Å². The van der Waals surface area contributed by atoms with Crippen LogP contribution in [-0.4, -0.2) is 31.1 Å². The van der Waals surface area contributed by atoms with Gasteiger partial charge in [-0.25, -0.2) is 18.4 Å². The van der Waals surface area contributed by atoms with E-state index in [4.69, 9.17) is 0 Å². The van der Waals surface area contributed by atoms with Crippen molar-refractivity contribution in [2.24, 2.45) is 0 Å². The van der Waals surface area contributed by atoms with Crippen LogP contribution in [0.25, 0.3) is 0 Å². The van der Waals surface area contributed by atoms with E-state index in [0.29, 0.717) is 22.4 Å². The topological polar surface area (TPSA) is 67.4 Å². The molecule has 2 N–H and O–H groups in total. The Morgan fingerprint density at radius 2 is 1.71 bits per heavy atom. The van der Waals surface area contributed by atoms with Gasteiger partial charge in [0.05, 0.1) is 12.7 Å². The largest absolute Gasteiger partial charge is 0.465 e. The third-order valence-electron chi connectivity index (χ3n) is 4.18. The summed E-state index contributed by atoms with van der Waals surface area (Å²) in [6.45, 7) is 0. The highest BCUT2D eigenvalue weighted by Gasteiger charge is 2.45. The maximum atomic E-state index is 12.8. The number of benzene rings is 2. The summed E-state index contributed by atoms with van der Waals surface area (Å²) in [6, 6.07) is 12.5. The second-order valence-electron chi connectivity index (χ2n) is 6.46. The second kappa shape index (κ2) is 8.09. The fourth-order valence-corrected chi connectivity index (χ4v) is 2.78. The Kier molecular flexibility index (Phi) is 5.59. The maximum Gasteiger partial charge on any atom is 0.337 e. The van der Waals surface area contributed by atoms with Gasteiger partial charge in [0, 0.05) is 35.7 Å². The Bertz CT molecular complexity index is 955. The summed E-state index contributed by atoms with van der Waals surface area (Å²) < 4.78 is 30.3. The SMILES string of the molecule is COC(=O)c1cccc(C#Cc2cccc(NC(=O)NC3CC(F)(F)C3)c2)c1. The number of anilines is 1. The van der Waals surface area contributed by atoms with E-state index in [2.05, 4.69) is 27.2 Å². The van der Waals surface area contributed by atoms with E-state index in [0.717, 1.165) is 0 Å². The molecule has 5 nitrogen and oxygen atoms in total. The monoisotopic (exact) mass is 384 g/mol. The third kappa shape index (κ3) is 5.07. The van der Waals surface area contributed by atoms with Crippen molar-refractivity contribution in [2.45, 2.75) is 24.8 Å². The molecular weight excluding hydrogens is 366 g/mol. The maximum absolute atomic E-state index is 12.8.